The zero-order valence-corrected chi connectivity index (χ0v) is 17.2. The van der Waals surface area contributed by atoms with E-state index in [1.165, 1.54) is 27.6 Å². The number of amides is 2. The van der Waals surface area contributed by atoms with E-state index in [-0.39, 0.29) is 24.0 Å². The van der Waals surface area contributed by atoms with Crippen molar-refractivity contribution in [2.24, 2.45) is 0 Å². The molecule has 0 spiro atoms. The summed E-state index contributed by atoms with van der Waals surface area (Å²) in [6, 6.07) is 13.2. The molecule has 1 aliphatic rings. The van der Waals surface area contributed by atoms with Gasteiger partial charge in [-0.3, -0.25) is 0 Å². The van der Waals surface area contributed by atoms with Gasteiger partial charge in [0.15, 0.2) is 5.82 Å². The Morgan fingerprint density at radius 2 is 1.97 bits per heavy atom. The summed E-state index contributed by atoms with van der Waals surface area (Å²) in [6.45, 7) is 1.84. The number of nitrogens with one attached hydrogen (secondary N) is 1. The predicted molar refractivity (Wildman–Crippen MR) is 116 cm³/mol. The second kappa shape index (κ2) is 7.99. The van der Waals surface area contributed by atoms with E-state index in [1.54, 1.807) is 19.3 Å². The monoisotopic (exact) mass is 434 g/mol. The molecule has 0 bridgehead atoms. The van der Waals surface area contributed by atoms with Gasteiger partial charge in [-0.1, -0.05) is 30.3 Å². The highest BCUT2D eigenvalue weighted by Gasteiger charge is 2.32. The van der Waals surface area contributed by atoms with Crippen molar-refractivity contribution < 1.29 is 13.6 Å². The number of hydrogen-bond donors (Lipinski definition) is 1. The van der Waals surface area contributed by atoms with Crippen molar-refractivity contribution in [3.63, 3.8) is 0 Å². The summed E-state index contributed by atoms with van der Waals surface area (Å²) in [4.78, 5) is 22.6. The number of carbonyl (C=O) groups is 1. The minimum Gasteiger partial charge on any atom is -0.319 e. The molecule has 162 valence electrons. The number of urea groups is 1. The lowest BCUT2D eigenvalue weighted by Gasteiger charge is -2.21. The fourth-order valence-electron chi connectivity index (χ4n) is 3.89. The van der Waals surface area contributed by atoms with Crippen molar-refractivity contribution in [2.75, 3.05) is 11.9 Å². The van der Waals surface area contributed by atoms with Gasteiger partial charge in [0.25, 0.3) is 5.78 Å². The third-order valence-electron chi connectivity index (χ3n) is 5.54. The third-order valence-corrected chi connectivity index (χ3v) is 5.54. The zero-order chi connectivity index (χ0) is 22.2. The number of rotatable bonds is 3. The lowest BCUT2D eigenvalue weighted by molar-refractivity contribution is 0.207. The van der Waals surface area contributed by atoms with Crippen LogP contribution >= 0.6 is 0 Å². The van der Waals surface area contributed by atoms with Crippen molar-refractivity contribution in [1.82, 2.24) is 24.5 Å². The average Bonchev–Trinajstić information content (AvgIpc) is 3.37. The van der Waals surface area contributed by atoms with Crippen LogP contribution in [0.15, 0.2) is 60.9 Å². The zero-order valence-electron chi connectivity index (χ0n) is 17.2. The van der Waals surface area contributed by atoms with Crippen LogP contribution in [0, 0.1) is 5.82 Å². The van der Waals surface area contributed by atoms with E-state index in [4.69, 9.17) is 0 Å². The van der Waals surface area contributed by atoms with E-state index < -0.39 is 18.0 Å². The number of anilines is 1. The molecule has 2 atom stereocenters. The van der Waals surface area contributed by atoms with Gasteiger partial charge < -0.3 is 10.2 Å². The third kappa shape index (κ3) is 3.77. The maximum atomic E-state index is 14.6. The maximum absolute atomic E-state index is 14.6. The van der Waals surface area contributed by atoms with Gasteiger partial charge in [-0.2, -0.15) is 4.98 Å². The standard InChI is InChI=1S/C23H20F2N6O/c1-14-9-17(24)13-30(14)23(32)27-18-7-8-20(25)19(10-18)21-28-22-26-11-16(12-31(22)29-21)15-5-3-2-4-6-15/h2-8,10-12,14,17H,9,13H2,1H3,(H,27,32)/t14-,17-/m1/s1. The number of nitrogens with zero attached hydrogens (tertiary/aromatic N) is 5. The van der Waals surface area contributed by atoms with Crippen molar-refractivity contribution in [2.45, 2.75) is 25.6 Å². The summed E-state index contributed by atoms with van der Waals surface area (Å²) in [5.41, 5.74) is 2.33. The van der Waals surface area contributed by atoms with Crippen LogP contribution in [0.4, 0.5) is 19.3 Å². The van der Waals surface area contributed by atoms with Crippen molar-refractivity contribution in [1.29, 1.82) is 0 Å². The minimum absolute atomic E-state index is 0.0461. The van der Waals surface area contributed by atoms with Gasteiger partial charge >= 0.3 is 6.03 Å². The Balaban J connectivity index is 1.43. The molecule has 2 aromatic heterocycles. The molecule has 5 rings (SSSR count). The largest absolute Gasteiger partial charge is 0.322 e. The molecule has 0 saturated carbocycles. The number of alkyl halides is 1. The smallest absolute Gasteiger partial charge is 0.319 e. The molecule has 3 heterocycles. The molecule has 1 aliphatic heterocycles. The van der Waals surface area contributed by atoms with Crippen LogP contribution in [0.2, 0.25) is 0 Å². The average molecular weight is 434 g/mol. The fourth-order valence-corrected chi connectivity index (χ4v) is 3.89. The van der Waals surface area contributed by atoms with Crippen LogP contribution in [-0.4, -0.2) is 49.3 Å². The molecule has 0 radical (unpaired) electrons. The molecule has 1 saturated heterocycles. The fraction of sp³-hybridized carbons (Fsp3) is 0.217. The predicted octanol–water partition coefficient (Wildman–Crippen LogP) is 4.56. The van der Waals surface area contributed by atoms with Crippen LogP contribution in [0.25, 0.3) is 28.3 Å². The number of halogens is 2. The van der Waals surface area contributed by atoms with Crippen LogP contribution in [0.5, 0.6) is 0 Å². The van der Waals surface area contributed by atoms with E-state index in [9.17, 15) is 13.6 Å². The quantitative estimate of drug-likeness (QED) is 0.513. The van der Waals surface area contributed by atoms with Gasteiger partial charge in [0.2, 0.25) is 0 Å². The number of likely N-dealkylation sites (tertiary alicyclic amines) is 1. The lowest BCUT2D eigenvalue weighted by atomic mass is 10.1. The molecule has 7 nitrogen and oxygen atoms in total. The summed E-state index contributed by atoms with van der Waals surface area (Å²) in [5.74, 6) is -0.0522. The molecule has 2 amide bonds. The minimum atomic E-state index is -1.03. The Morgan fingerprint density at radius 1 is 1.16 bits per heavy atom. The number of fused-ring (bicyclic) bond motifs is 1. The van der Waals surface area contributed by atoms with E-state index in [0.29, 0.717) is 17.9 Å². The van der Waals surface area contributed by atoms with E-state index in [1.807, 2.05) is 30.3 Å². The van der Waals surface area contributed by atoms with Gasteiger partial charge in [0, 0.05) is 36.1 Å². The highest BCUT2D eigenvalue weighted by molar-refractivity contribution is 5.90. The molecule has 1 N–H and O–H groups in total. The summed E-state index contributed by atoms with van der Waals surface area (Å²) < 4.78 is 29.7. The second-order valence-electron chi connectivity index (χ2n) is 7.85. The van der Waals surface area contributed by atoms with Gasteiger partial charge in [0.1, 0.15) is 12.0 Å². The number of aromatic nitrogens is 4. The Labute approximate surface area is 182 Å². The highest BCUT2D eigenvalue weighted by Crippen LogP contribution is 2.26. The Hall–Kier alpha value is -3.88. The molecular weight excluding hydrogens is 414 g/mol. The van der Waals surface area contributed by atoms with Crippen molar-refractivity contribution in [3.8, 4) is 22.5 Å². The number of hydrogen-bond acceptors (Lipinski definition) is 4. The van der Waals surface area contributed by atoms with Crippen molar-refractivity contribution >= 4 is 17.5 Å². The molecule has 2 aromatic carbocycles. The molecule has 0 unspecified atom stereocenters. The first-order chi connectivity index (χ1) is 15.5. The SMILES string of the molecule is C[C@@H]1C[C@@H](F)CN1C(=O)Nc1ccc(F)c(-c2nc3ncc(-c4ccccc4)cn3n2)c1. The molecule has 0 aliphatic carbocycles. The van der Waals surface area contributed by atoms with Crippen LogP contribution in [-0.2, 0) is 0 Å². The van der Waals surface area contributed by atoms with Gasteiger partial charge in [-0.05, 0) is 30.7 Å². The molecular formula is C23H20F2N6O. The lowest BCUT2D eigenvalue weighted by Crippen LogP contribution is -2.37. The topological polar surface area (TPSA) is 75.4 Å². The van der Waals surface area contributed by atoms with E-state index in [0.717, 1.165) is 11.1 Å². The number of benzene rings is 2. The summed E-state index contributed by atoms with van der Waals surface area (Å²) >= 11 is 0. The number of carbonyl (C=O) groups excluding carboxylic acids is 1. The molecule has 1 fully saturated rings. The van der Waals surface area contributed by atoms with Gasteiger partial charge in [-0.15, -0.1) is 5.10 Å². The van der Waals surface area contributed by atoms with Crippen LogP contribution in [0.1, 0.15) is 13.3 Å². The second-order valence-corrected chi connectivity index (χ2v) is 7.85. The first kappa shape index (κ1) is 20.0. The summed E-state index contributed by atoms with van der Waals surface area (Å²) in [7, 11) is 0. The Bertz CT molecular complexity index is 1290. The summed E-state index contributed by atoms with van der Waals surface area (Å²) in [6.07, 6.45) is 2.74. The first-order valence-corrected chi connectivity index (χ1v) is 10.3. The van der Waals surface area contributed by atoms with Gasteiger partial charge in [-0.25, -0.2) is 23.1 Å². The van der Waals surface area contributed by atoms with Crippen LogP contribution in [0.3, 0.4) is 0 Å². The summed E-state index contributed by atoms with van der Waals surface area (Å²) in [5, 5.41) is 7.09. The Morgan fingerprint density at radius 3 is 2.72 bits per heavy atom. The molecule has 9 heteroatoms. The van der Waals surface area contributed by atoms with E-state index in [2.05, 4.69) is 20.4 Å². The van der Waals surface area contributed by atoms with Crippen molar-refractivity contribution in [3.05, 3.63) is 66.7 Å². The normalized spacial score (nSPS) is 18.3. The highest BCUT2D eigenvalue weighted by atomic mass is 19.1. The molecule has 4 aromatic rings. The van der Waals surface area contributed by atoms with E-state index >= 15 is 0 Å². The first-order valence-electron chi connectivity index (χ1n) is 10.3. The van der Waals surface area contributed by atoms with Crippen LogP contribution < -0.4 is 5.32 Å². The van der Waals surface area contributed by atoms with Gasteiger partial charge in [0.05, 0.1) is 12.1 Å². The maximum Gasteiger partial charge on any atom is 0.322 e. The molecule has 32 heavy (non-hydrogen) atoms. The Kier molecular flexibility index (Phi) is 5.01.